The first-order chi connectivity index (χ1) is 9.66. The molecule has 3 aromatic rings. The summed E-state index contributed by atoms with van der Waals surface area (Å²) in [5.41, 5.74) is 3.92. The van der Waals surface area contributed by atoms with Crippen molar-refractivity contribution in [2.45, 2.75) is 20.8 Å². The van der Waals surface area contributed by atoms with Gasteiger partial charge in [0.25, 0.3) is 0 Å². The summed E-state index contributed by atoms with van der Waals surface area (Å²) in [6.45, 7) is 6.04. The van der Waals surface area contributed by atoms with E-state index in [-0.39, 0.29) is 0 Å². The molecule has 20 heavy (non-hydrogen) atoms. The van der Waals surface area contributed by atoms with E-state index in [1.807, 2.05) is 57.3 Å². The molecule has 2 nitrogen and oxygen atoms in total. The van der Waals surface area contributed by atoms with Crippen LogP contribution in [0.3, 0.4) is 0 Å². The molecule has 104 valence electrons. The van der Waals surface area contributed by atoms with E-state index in [1.165, 1.54) is 0 Å². The molecule has 0 spiro atoms. The molecule has 0 amide bonds. The number of hydrogen-bond acceptors (Lipinski definition) is 1. The van der Waals surface area contributed by atoms with Gasteiger partial charge < -0.3 is 4.40 Å². The minimum Gasteiger partial charge on any atom is -0.304 e. The van der Waals surface area contributed by atoms with E-state index in [4.69, 9.17) is 23.2 Å². The Morgan fingerprint density at radius 3 is 2.40 bits per heavy atom. The van der Waals surface area contributed by atoms with Crippen LogP contribution in [0.2, 0.25) is 10.0 Å². The van der Waals surface area contributed by atoms with E-state index in [0.717, 1.165) is 22.6 Å². The second-order valence-corrected chi connectivity index (χ2v) is 4.92. The molecule has 2 aromatic heterocycles. The van der Waals surface area contributed by atoms with Gasteiger partial charge >= 0.3 is 0 Å². The van der Waals surface area contributed by atoms with Crippen LogP contribution >= 0.6 is 23.2 Å². The lowest BCUT2D eigenvalue weighted by Crippen LogP contribution is -1.86. The number of pyridine rings is 1. The van der Waals surface area contributed by atoms with Crippen LogP contribution in [0.25, 0.3) is 16.9 Å². The molecule has 1 aromatic carbocycles. The Hall–Kier alpha value is -1.51. The monoisotopic (exact) mass is 306 g/mol. The number of rotatable bonds is 1. The highest BCUT2D eigenvalue weighted by molar-refractivity contribution is 6.42. The summed E-state index contributed by atoms with van der Waals surface area (Å²) in [6.07, 6.45) is 2.00. The van der Waals surface area contributed by atoms with Crippen molar-refractivity contribution in [3.05, 3.63) is 58.3 Å². The van der Waals surface area contributed by atoms with Crippen LogP contribution < -0.4 is 0 Å². The molecule has 0 radical (unpaired) electrons. The standard InChI is InChI=1S/C14H10Cl2N2.C2H6/c1-9-14(10-5-6-11(15)12(16)8-10)17-13-4-2-3-7-18(9)13;1-2/h2-8H,1H3;1-2H3. The molecular weight excluding hydrogens is 291 g/mol. The molecule has 0 aliphatic carbocycles. The van der Waals surface area contributed by atoms with Crippen LogP contribution in [0.5, 0.6) is 0 Å². The van der Waals surface area contributed by atoms with Gasteiger partial charge in [-0.1, -0.05) is 49.2 Å². The first-order valence-electron chi connectivity index (χ1n) is 6.56. The summed E-state index contributed by atoms with van der Waals surface area (Å²) in [7, 11) is 0. The topological polar surface area (TPSA) is 17.3 Å². The molecule has 0 fully saturated rings. The third-order valence-electron chi connectivity index (χ3n) is 2.96. The van der Waals surface area contributed by atoms with Gasteiger partial charge in [0.15, 0.2) is 0 Å². The largest absolute Gasteiger partial charge is 0.304 e. The van der Waals surface area contributed by atoms with Crippen molar-refractivity contribution in [3.63, 3.8) is 0 Å². The quantitative estimate of drug-likeness (QED) is 0.568. The average Bonchev–Trinajstić information content (AvgIpc) is 2.82. The van der Waals surface area contributed by atoms with Crippen molar-refractivity contribution in [1.82, 2.24) is 9.38 Å². The number of fused-ring (bicyclic) bond motifs is 1. The lowest BCUT2D eigenvalue weighted by atomic mass is 10.1. The summed E-state index contributed by atoms with van der Waals surface area (Å²) >= 11 is 12.0. The van der Waals surface area contributed by atoms with Gasteiger partial charge in [-0.3, -0.25) is 0 Å². The molecule has 4 heteroatoms. The minimum absolute atomic E-state index is 0.547. The fourth-order valence-corrected chi connectivity index (χ4v) is 2.33. The zero-order chi connectivity index (χ0) is 14.7. The van der Waals surface area contributed by atoms with Crippen LogP contribution in [-0.4, -0.2) is 9.38 Å². The molecule has 0 atom stereocenters. The number of halogens is 2. The first-order valence-corrected chi connectivity index (χ1v) is 7.31. The van der Waals surface area contributed by atoms with E-state index >= 15 is 0 Å². The first kappa shape index (κ1) is 14.9. The van der Waals surface area contributed by atoms with Gasteiger partial charge in [0.2, 0.25) is 0 Å². The second kappa shape index (κ2) is 6.29. The van der Waals surface area contributed by atoms with Gasteiger partial charge in [0.05, 0.1) is 15.7 Å². The summed E-state index contributed by atoms with van der Waals surface area (Å²) in [4.78, 5) is 4.61. The highest BCUT2D eigenvalue weighted by Crippen LogP contribution is 2.30. The zero-order valence-corrected chi connectivity index (χ0v) is 13.2. The Morgan fingerprint density at radius 2 is 1.75 bits per heavy atom. The molecule has 2 heterocycles. The summed E-state index contributed by atoms with van der Waals surface area (Å²) in [5.74, 6) is 0. The maximum absolute atomic E-state index is 6.05. The summed E-state index contributed by atoms with van der Waals surface area (Å²) in [6, 6.07) is 11.5. The van der Waals surface area contributed by atoms with Crippen molar-refractivity contribution in [2.75, 3.05) is 0 Å². The highest BCUT2D eigenvalue weighted by atomic mass is 35.5. The van der Waals surface area contributed by atoms with Crippen molar-refractivity contribution < 1.29 is 0 Å². The smallest absolute Gasteiger partial charge is 0.137 e. The maximum atomic E-state index is 6.05. The van der Waals surface area contributed by atoms with E-state index < -0.39 is 0 Å². The summed E-state index contributed by atoms with van der Waals surface area (Å²) in [5, 5.41) is 1.10. The fraction of sp³-hybridized carbons (Fsp3) is 0.188. The van der Waals surface area contributed by atoms with Crippen LogP contribution in [0.4, 0.5) is 0 Å². The van der Waals surface area contributed by atoms with Gasteiger partial charge in [-0.25, -0.2) is 4.98 Å². The van der Waals surface area contributed by atoms with Gasteiger partial charge in [-0.2, -0.15) is 0 Å². The number of aryl methyl sites for hydroxylation is 1. The predicted molar refractivity (Wildman–Crippen MR) is 86.7 cm³/mol. The zero-order valence-electron chi connectivity index (χ0n) is 11.7. The van der Waals surface area contributed by atoms with Crippen molar-refractivity contribution in [3.8, 4) is 11.3 Å². The van der Waals surface area contributed by atoms with Crippen LogP contribution in [-0.2, 0) is 0 Å². The molecule has 0 N–H and O–H groups in total. The Balaban J connectivity index is 0.000000704. The van der Waals surface area contributed by atoms with E-state index in [1.54, 1.807) is 6.07 Å². The van der Waals surface area contributed by atoms with Crippen molar-refractivity contribution in [2.24, 2.45) is 0 Å². The molecule has 0 aliphatic rings. The van der Waals surface area contributed by atoms with Gasteiger partial charge in [-0.15, -0.1) is 0 Å². The maximum Gasteiger partial charge on any atom is 0.137 e. The van der Waals surface area contributed by atoms with Gasteiger partial charge in [-0.05, 0) is 31.2 Å². The summed E-state index contributed by atoms with van der Waals surface area (Å²) < 4.78 is 2.05. The van der Waals surface area contributed by atoms with Crippen LogP contribution in [0.1, 0.15) is 19.5 Å². The number of hydrogen-bond donors (Lipinski definition) is 0. The second-order valence-electron chi connectivity index (χ2n) is 4.10. The molecular formula is C16H16Cl2N2. The Kier molecular flexibility index (Phi) is 4.69. The normalized spacial score (nSPS) is 10.2. The molecule has 3 rings (SSSR count). The molecule has 0 aliphatic heterocycles. The third-order valence-corrected chi connectivity index (χ3v) is 3.70. The van der Waals surface area contributed by atoms with Crippen molar-refractivity contribution >= 4 is 28.8 Å². The Morgan fingerprint density at radius 1 is 1.00 bits per heavy atom. The van der Waals surface area contributed by atoms with Crippen LogP contribution in [0, 0.1) is 6.92 Å². The van der Waals surface area contributed by atoms with E-state index in [9.17, 15) is 0 Å². The fourth-order valence-electron chi connectivity index (χ4n) is 2.04. The number of imidazole rings is 1. The lowest BCUT2D eigenvalue weighted by Gasteiger charge is -2.01. The SMILES string of the molecule is CC.Cc1c(-c2ccc(Cl)c(Cl)c2)nc2ccccn12. The molecule has 0 saturated heterocycles. The highest BCUT2D eigenvalue weighted by Gasteiger charge is 2.10. The van der Waals surface area contributed by atoms with Crippen molar-refractivity contribution in [1.29, 1.82) is 0 Å². The number of nitrogens with zero attached hydrogens (tertiary/aromatic N) is 2. The third kappa shape index (κ3) is 2.67. The van der Waals surface area contributed by atoms with Gasteiger partial charge in [0.1, 0.15) is 5.65 Å². The van der Waals surface area contributed by atoms with Crippen LogP contribution in [0.15, 0.2) is 42.6 Å². The Labute approximate surface area is 129 Å². The Bertz CT molecular complexity index is 732. The van der Waals surface area contributed by atoms with Gasteiger partial charge in [0, 0.05) is 17.5 Å². The molecule has 0 saturated carbocycles. The predicted octanol–water partition coefficient (Wildman–Crippen LogP) is 5.64. The average molecular weight is 307 g/mol. The van der Waals surface area contributed by atoms with E-state index in [2.05, 4.69) is 9.38 Å². The van der Waals surface area contributed by atoms with E-state index in [0.29, 0.717) is 10.0 Å². The molecule has 0 bridgehead atoms. The number of benzene rings is 1. The minimum atomic E-state index is 0.547. The number of aromatic nitrogens is 2. The molecule has 0 unspecified atom stereocenters. The lowest BCUT2D eigenvalue weighted by molar-refractivity contribution is 1.11.